The number of ketones is 1. The van der Waals surface area contributed by atoms with Crippen LogP contribution in [0, 0.1) is 11.7 Å². The molecule has 1 atom stereocenters. The maximum Gasteiger partial charge on any atom is 0.416 e. The van der Waals surface area contributed by atoms with Crippen molar-refractivity contribution in [1.82, 2.24) is 5.32 Å². The summed E-state index contributed by atoms with van der Waals surface area (Å²) in [6, 6.07) is 1.75. The van der Waals surface area contributed by atoms with E-state index in [1.807, 2.05) is 0 Å². The maximum atomic E-state index is 13.6. The number of nitrogens with one attached hydrogen (secondary N) is 1. The van der Waals surface area contributed by atoms with Gasteiger partial charge in [-0.1, -0.05) is 0 Å². The van der Waals surface area contributed by atoms with Gasteiger partial charge in [0.15, 0.2) is 5.78 Å². The summed E-state index contributed by atoms with van der Waals surface area (Å²) in [5.41, 5.74) is -1.57. The number of rotatable bonds is 2. The number of hydrogen-bond donors (Lipinski definition) is 1. The highest BCUT2D eigenvalue weighted by Gasteiger charge is 2.34. The van der Waals surface area contributed by atoms with Crippen molar-refractivity contribution >= 4 is 11.7 Å². The van der Waals surface area contributed by atoms with Gasteiger partial charge in [-0.3, -0.25) is 9.59 Å². The third kappa shape index (κ3) is 2.74. The van der Waals surface area contributed by atoms with E-state index in [2.05, 4.69) is 5.32 Å². The van der Waals surface area contributed by atoms with Gasteiger partial charge in [-0.2, -0.15) is 13.2 Å². The van der Waals surface area contributed by atoms with Crippen LogP contribution in [0.1, 0.15) is 22.3 Å². The Bertz CT molecular complexity index is 539. The van der Waals surface area contributed by atoms with Crippen LogP contribution in [0.25, 0.3) is 0 Å². The smallest absolute Gasteiger partial charge is 0.355 e. The molecule has 1 heterocycles. The van der Waals surface area contributed by atoms with Crippen LogP contribution in [-0.4, -0.2) is 18.2 Å². The van der Waals surface area contributed by atoms with Gasteiger partial charge in [-0.15, -0.1) is 0 Å². The lowest BCUT2D eigenvalue weighted by molar-refractivity contribution is -0.137. The molecule has 0 bridgehead atoms. The topological polar surface area (TPSA) is 46.2 Å². The lowest BCUT2D eigenvalue weighted by atomic mass is 9.95. The fourth-order valence-corrected chi connectivity index (χ4v) is 1.90. The molecule has 0 aromatic heterocycles. The fraction of sp³-hybridized carbons (Fsp3) is 0.333. The first-order valence-electron chi connectivity index (χ1n) is 5.46. The van der Waals surface area contributed by atoms with Gasteiger partial charge < -0.3 is 5.32 Å². The van der Waals surface area contributed by atoms with Gasteiger partial charge in [-0.25, -0.2) is 4.39 Å². The van der Waals surface area contributed by atoms with E-state index in [1.165, 1.54) is 0 Å². The first-order chi connectivity index (χ1) is 8.79. The van der Waals surface area contributed by atoms with Crippen LogP contribution in [0.3, 0.4) is 0 Å². The summed E-state index contributed by atoms with van der Waals surface area (Å²) in [5, 5.41) is 2.41. The van der Waals surface area contributed by atoms with Crippen molar-refractivity contribution in [2.75, 3.05) is 6.54 Å². The van der Waals surface area contributed by atoms with Gasteiger partial charge in [0.25, 0.3) is 0 Å². The Labute approximate surface area is 105 Å². The van der Waals surface area contributed by atoms with E-state index in [1.54, 1.807) is 0 Å². The van der Waals surface area contributed by atoms with Crippen molar-refractivity contribution in [1.29, 1.82) is 0 Å². The van der Waals surface area contributed by atoms with Crippen molar-refractivity contribution in [2.45, 2.75) is 12.6 Å². The number of benzene rings is 1. The lowest BCUT2D eigenvalue weighted by Crippen LogP contribution is -2.20. The SMILES string of the molecule is O=C1CC(C(=O)c2ccc(C(F)(F)F)cc2F)CN1. The molecule has 102 valence electrons. The third-order valence-electron chi connectivity index (χ3n) is 2.91. The Hall–Kier alpha value is -1.92. The van der Waals surface area contributed by atoms with Crippen molar-refractivity contribution in [3.63, 3.8) is 0 Å². The molecule has 0 radical (unpaired) electrons. The number of hydrogen-bond acceptors (Lipinski definition) is 2. The third-order valence-corrected chi connectivity index (χ3v) is 2.91. The zero-order valence-electron chi connectivity index (χ0n) is 9.55. The molecule has 0 aliphatic carbocycles. The normalized spacial score (nSPS) is 19.4. The molecule has 1 aromatic rings. The van der Waals surface area contributed by atoms with Gasteiger partial charge in [0.2, 0.25) is 5.91 Å². The molecule has 1 aliphatic heterocycles. The van der Waals surface area contributed by atoms with E-state index in [-0.39, 0.29) is 24.9 Å². The molecule has 0 saturated carbocycles. The summed E-state index contributed by atoms with van der Waals surface area (Å²) in [5.74, 6) is -2.94. The van der Waals surface area contributed by atoms with E-state index in [4.69, 9.17) is 0 Å². The van der Waals surface area contributed by atoms with Crippen molar-refractivity contribution < 1.29 is 27.2 Å². The van der Waals surface area contributed by atoms with Crippen LogP contribution in [0.2, 0.25) is 0 Å². The van der Waals surface area contributed by atoms with Gasteiger partial charge >= 0.3 is 6.18 Å². The Morgan fingerprint density at radius 2 is 2.00 bits per heavy atom. The Morgan fingerprint density at radius 1 is 1.32 bits per heavy atom. The Morgan fingerprint density at radius 3 is 2.47 bits per heavy atom. The van der Waals surface area contributed by atoms with Gasteiger partial charge in [-0.05, 0) is 18.2 Å². The first kappa shape index (κ1) is 13.5. The van der Waals surface area contributed by atoms with Gasteiger partial charge in [0, 0.05) is 18.9 Å². The summed E-state index contributed by atoms with van der Waals surface area (Å²) in [6.07, 6.45) is -4.73. The minimum Gasteiger partial charge on any atom is -0.355 e. The molecule has 1 unspecified atom stereocenters. The molecule has 3 nitrogen and oxygen atoms in total. The van der Waals surface area contributed by atoms with Gasteiger partial charge in [0.05, 0.1) is 11.1 Å². The quantitative estimate of drug-likeness (QED) is 0.664. The average molecular weight is 275 g/mol. The number of Topliss-reactive ketones (excluding diaryl/α,β-unsaturated/α-hetero) is 1. The number of halogens is 4. The second-order valence-corrected chi connectivity index (χ2v) is 4.26. The van der Waals surface area contributed by atoms with Crippen molar-refractivity contribution in [3.8, 4) is 0 Å². The standard InChI is InChI=1S/C12H9F4NO2/c13-9-4-7(12(14,15)16)1-2-8(9)11(19)6-3-10(18)17-5-6/h1-2,4,6H,3,5H2,(H,17,18). The molecule has 1 aromatic carbocycles. The van der Waals surface area contributed by atoms with E-state index in [0.717, 1.165) is 6.07 Å². The van der Waals surface area contributed by atoms with Crippen molar-refractivity contribution in [2.24, 2.45) is 5.92 Å². The first-order valence-corrected chi connectivity index (χ1v) is 5.46. The molecule has 1 amide bonds. The molecule has 1 N–H and O–H groups in total. The Kier molecular flexibility index (Phi) is 3.30. The molecule has 1 saturated heterocycles. The molecule has 1 aliphatic rings. The fourth-order valence-electron chi connectivity index (χ4n) is 1.90. The van der Waals surface area contributed by atoms with E-state index >= 15 is 0 Å². The molecule has 19 heavy (non-hydrogen) atoms. The highest BCUT2D eigenvalue weighted by molar-refractivity contribution is 6.01. The zero-order chi connectivity index (χ0) is 14.2. The number of carbonyl (C=O) groups is 2. The minimum absolute atomic E-state index is 0.0701. The van der Waals surface area contributed by atoms with Crippen LogP contribution in [0.5, 0.6) is 0 Å². The predicted molar refractivity (Wildman–Crippen MR) is 56.8 cm³/mol. The largest absolute Gasteiger partial charge is 0.416 e. The summed E-state index contributed by atoms with van der Waals surface area (Å²) in [4.78, 5) is 22.8. The molecular weight excluding hydrogens is 266 g/mol. The highest BCUT2D eigenvalue weighted by Crippen LogP contribution is 2.31. The van der Waals surface area contributed by atoms with Crippen LogP contribution >= 0.6 is 0 Å². The maximum absolute atomic E-state index is 13.6. The van der Waals surface area contributed by atoms with Crippen LogP contribution in [0.4, 0.5) is 17.6 Å². The average Bonchev–Trinajstić information content (AvgIpc) is 2.73. The molecule has 0 spiro atoms. The summed E-state index contributed by atoms with van der Waals surface area (Å²) in [7, 11) is 0. The lowest BCUT2D eigenvalue weighted by Gasteiger charge is -2.10. The molecule has 2 rings (SSSR count). The van der Waals surface area contributed by atoms with Crippen LogP contribution < -0.4 is 5.32 Å². The van der Waals surface area contributed by atoms with Crippen LogP contribution in [0.15, 0.2) is 18.2 Å². The van der Waals surface area contributed by atoms with E-state index in [0.29, 0.717) is 6.07 Å². The van der Waals surface area contributed by atoms with Crippen LogP contribution in [-0.2, 0) is 11.0 Å². The number of amides is 1. The molecule has 1 fully saturated rings. The molecular formula is C12H9F4NO2. The minimum atomic E-state index is -4.66. The van der Waals surface area contributed by atoms with Gasteiger partial charge in [0.1, 0.15) is 5.82 Å². The Balaban J connectivity index is 2.26. The molecule has 7 heteroatoms. The second kappa shape index (κ2) is 4.64. The van der Waals surface area contributed by atoms with E-state index < -0.39 is 34.8 Å². The summed E-state index contributed by atoms with van der Waals surface area (Å²) in [6.45, 7) is 0.0815. The summed E-state index contributed by atoms with van der Waals surface area (Å²) < 4.78 is 50.6. The predicted octanol–water partition coefficient (Wildman–Crippen LogP) is 2.16. The summed E-state index contributed by atoms with van der Waals surface area (Å²) >= 11 is 0. The number of carbonyl (C=O) groups excluding carboxylic acids is 2. The monoisotopic (exact) mass is 275 g/mol. The zero-order valence-corrected chi connectivity index (χ0v) is 9.55. The van der Waals surface area contributed by atoms with E-state index in [9.17, 15) is 27.2 Å². The highest BCUT2D eigenvalue weighted by atomic mass is 19.4. The van der Waals surface area contributed by atoms with Crippen molar-refractivity contribution in [3.05, 3.63) is 35.1 Å². The second-order valence-electron chi connectivity index (χ2n) is 4.26. The number of alkyl halides is 3.